The van der Waals surface area contributed by atoms with Crippen molar-refractivity contribution in [1.82, 2.24) is 4.98 Å². The third-order valence-electron chi connectivity index (χ3n) is 2.17. The summed E-state index contributed by atoms with van der Waals surface area (Å²) >= 11 is 0. The van der Waals surface area contributed by atoms with Crippen molar-refractivity contribution in [3.63, 3.8) is 0 Å². The minimum atomic E-state index is -3.32. The molecule has 0 radical (unpaired) electrons. The first kappa shape index (κ1) is 14.8. The summed E-state index contributed by atoms with van der Waals surface area (Å²) in [5.74, 6) is -0.0154. The molecule has 0 N–H and O–H groups in total. The molecule has 0 saturated carbocycles. The fourth-order valence-corrected chi connectivity index (χ4v) is 2.15. The topological polar surface area (TPSA) is 74.7 Å². The summed E-state index contributed by atoms with van der Waals surface area (Å²) in [5, 5.41) is 0. The number of rotatable bonds is 7. The molecule has 0 aliphatic carbocycles. The average molecular weight is 273 g/mol. The first-order chi connectivity index (χ1) is 8.49. The highest BCUT2D eigenvalue weighted by Crippen LogP contribution is 2.45. The largest absolute Gasteiger partial charge is 0.470 e. The van der Waals surface area contributed by atoms with Crippen molar-refractivity contribution in [3.8, 4) is 5.88 Å². The van der Waals surface area contributed by atoms with Gasteiger partial charge in [-0.05, 0) is 13.0 Å². The standard InChI is InChI=1S/C11H16NO5P/c1-9-5-4-6-11(12-9)17-7-10(13)8-18(14,15-2)16-3/h4-6H,7-8H2,1-3H3. The van der Waals surface area contributed by atoms with E-state index in [1.807, 2.05) is 13.0 Å². The van der Waals surface area contributed by atoms with Crippen LogP contribution in [0, 0.1) is 6.92 Å². The summed E-state index contributed by atoms with van der Waals surface area (Å²) in [6, 6.07) is 5.24. The van der Waals surface area contributed by atoms with Crippen molar-refractivity contribution in [2.75, 3.05) is 27.0 Å². The first-order valence-corrected chi connectivity index (χ1v) is 7.00. The van der Waals surface area contributed by atoms with Gasteiger partial charge in [0.2, 0.25) is 5.88 Å². The van der Waals surface area contributed by atoms with Crippen molar-refractivity contribution < 1.29 is 23.1 Å². The van der Waals surface area contributed by atoms with Crippen LogP contribution < -0.4 is 4.74 Å². The molecule has 7 heteroatoms. The Labute approximate surface area is 106 Å². The zero-order chi connectivity index (χ0) is 13.6. The quantitative estimate of drug-likeness (QED) is 0.705. The molecule has 0 bridgehead atoms. The number of aryl methyl sites for hydroxylation is 1. The van der Waals surface area contributed by atoms with Gasteiger partial charge < -0.3 is 13.8 Å². The maximum absolute atomic E-state index is 11.7. The van der Waals surface area contributed by atoms with Crippen LogP contribution in [0.5, 0.6) is 5.88 Å². The Balaban J connectivity index is 2.49. The zero-order valence-electron chi connectivity index (χ0n) is 10.6. The van der Waals surface area contributed by atoms with Crippen LogP contribution in [0.15, 0.2) is 18.2 Å². The highest BCUT2D eigenvalue weighted by Gasteiger charge is 2.25. The van der Waals surface area contributed by atoms with Gasteiger partial charge in [-0.1, -0.05) is 6.07 Å². The van der Waals surface area contributed by atoms with Gasteiger partial charge in [0, 0.05) is 26.0 Å². The second kappa shape index (κ2) is 6.64. The molecule has 100 valence electrons. The SMILES string of the molecule is COP(=O)(CC(=O)COc1cccc(C)n1)OC. The Bertz CT molecular complexity index is 455. The molecule has 1 rings (SSSR count). The maximum Gasteiger partial charge on any atom is 0.337 e. The molecule has 1 aromatic rings. The summed E-state index contributed by atoms with van der Waals surface area (Å²) < 4.78 is 26.2. The van der Waals surface area contributed by atoms with Crippen LogP contribution >= 0.6 is 7.60 Å². The number of pyridine rings is 1. The lowest BCUT2D eigenvalue weighted by molar-refractivity contribution is -0.118. The van der Waals surface area contributed by atoms with E-state index in [9.17, 15) is 9.36 Å². The Morgan fingerprint density at radius 1 is 1.33 bits per heavy atom. The maximum atomic E-state index is 11.7. The van der Waals surface area contributed by atoms with Crippen molar-refractivity contribution in [2.45, 2.75) is 6.92 Å². The number of hydrogen-bond acceptors (Lipinski definition) is 6. The number of aromatic nitrogens is 1. The van der Waals surface area contributed by atoms with E-state index in [1.54, 1.807) is 12.1 Å². The highest BCUT2D eigenvalue weighted by molar-refractivity contribution is 7.54. The third kappa shape index (κ3) is 4.56. The molecule has 0 saturated heterocycles. The molecule has 0 spiro atoms. The van der Waals surface area contributed by atoms with Crippen molar-refractivity contribution in [3.05, 3.63) is 23.9 Å². The normalized spacial score (nSPS) is 11.3. The van der Waals surface area contributed by atoms with E-state index in [2.05, 4.69) is 14.0 Å². The van der Waals surface area contributed by atoms with Crippen LogP contribution in [0.2, 0.25) is 0 Å². The fraction of sp³-hybridized carbons (Fsp3) is 0.455. The molecule has 18 heavy (non-hydrogen) atoms. The molecule has 0 aliphatic heterocycles. The molecule has 0 aromatic carbocycles. The van der Waals surface area contributed by atoms with E-state index in [-0.39, 0.29) is 18.6 Å². The Kier molecular flexibility index (Phi) is 5.47. The van der Waals surface area contributed by atoms with Crippen LogP contribution in [-0.4, -0.2) is 37.8 Å². The summed E-state index contributed by atoms with van der Waals surface area (Å²) in [5.41, 5.74) is 0.791. The van der Waals surface area contributed by atoms with E-state index in [4.69, 9.17) is 4.74 Å². The number of ketones is 1. The van der Waals surface area contributed by atoms with E-state index in [0.717, 1.165) is 5.69 Å². The van der Waals surface area contributed by atoms with Crippen molar-refractivity contribution in [1.29, 1.82) is 0 Å². The molecule has 1 aromatic heterocycles. The minimum absolute atomic E-state index is 0.215. The number of ether oxygens (including phenoxy) is 1. The predicted molar refractivity (Wildman–Crippen MR) is 66.0 cm³/mol. The van der Waals surface area contributed by atoms with Crippen LogP contribution in [-0.2, 0) is 18.4 Å². The molecular formula is C11H16NO5P. The molecule has 0 atom stereocenters. The van der Waals surface area contributed by atoms with Crippen LogP contribution in [0.3, 0.4) is 0 Å². The number of Topliss-reactive ketones (excluding diaryl/α,β-unsaturated/α-hetero) is 1. The van der Waals surface area contributed by atoms with Gasteiger partial charge in [0.1, 0.15) is 12.8 Å². The molecule has 6 nitrogen and oxygen atoms in total. The van der Waals surface area contributed by atoms with Crippen molar-refractivity contribution >= 4 is 13.4 Å². The van der Waals surface area contributed by atoms with Crippen LogP contribution in [0.1, 0.15) is 5.69 Å². The van der Waals surface area contributed by atoms with Gasteiger partial charge in [-0.25, -0.2) is 4.98 Å². The Hall–Kier alpha value is -1.23. The molecular weight excluding hydrogens is 257 g/mol. The molecule has 1 heterocycles. The summed E-state index contributed by atoms with van der Waals surface area (Å²) in [7, 11) is -0.845. The van der Waals surface area contributed by atoms with Gasteiger partial charge >= 0.3 is 7.60 Å². The fourth-order valence-electron chi connectivity index (χ4n) is 1.22. The Morgan fingerprint density at radius 2 is 2.00 bits per heavy atom. The van der Waals surface area contributed by atoms with Gasteiger partial charge in [-0.15, -0.1) is 0 Å². The second-order valence-electron chi connectivity index (χ2n) is 3.58. The van der Waals surface area contributed by atoms with E-state index < -0.39 is 7.60 Å². The van der Waals surface area contributed by atoms with Gasteiger partial charge in [0.05, 0.1) is 0 Å². The van der Waals surface area contributed by atoms with Gasteiger partial charge in [0.25, 0.3) is 0 Å². The minimum Gasteiger partial charge on any atom is -0.470 e. The molecule has 0 unspecified atom stereocenters. The van der Waals surface area contributed by atoms with E-state index >= 15 is 0 Å². The van der Waals surface area contributed by atoms with Crippen molar-refractivity contribution in [2.24, 2.45) is 0 Å². The van der Waals surface area contributed by atoms with Crippen LogP contribution in [0.25, 0.3) is 0 Å². The van der Waals surface area contributed by atoms with E-state index in [0.29, 0.717) is 5.88 Å². The monoisotopic (exact) mass is 273 g/mol. The Morgan fingerprint density at radius 3 is 2.56 bits per heavy atom. The van der Waals surface area contributed by atoms with Crippen LogP contribution in [0.4, 0.5) is 0 Å². The first-order valence-electron chi connectivity index (χ1n) is 5.28. The number of carbonyl (C=O) groups excluding carboxylic acids is 1. The number of nitrogens with zero attached hydrogens (tertiary/aromatic N) is 1. The zero-order valence-corrected chi connectivity index (χ0v) is 11.5. The number of carbonyl (C=O) groups is 1. The lowest BCUT2D eigenvalue weighted by atomic mass is 10.4. The highest BCUT2D eigenvalue weighted by atomic mass is 31.2. The number of hydrogen-bond donors (Lipinski definition) is 0. The summed E-state index contributed by atoms with van der Waals surface area (Å²) in [4.78, 5) is 15.6. The summed E-state index contributed by atoms with van der Waals surface area (Å²) in [6.07, 6.45) is -0.314. The van der Waals surface area contributed by atoms with Gasteiger partial charge in [-0.2, -0.15) is 0 Å². The second-order valence-corrected chi connectivity index (χ2v) is 5.85. The average Bonchev–Trinajstić information content (AvgIpc) is 2.36. The lowest BCUT2D eigenvalue weighted by Gasteiger charge is -2.12. The third-order valence-corrected chi connectivity index (χ3v) is 4.02. The molecule has 0 aliphatic rings. The van der Waals surface area contributed by atoms with Gasteiger partial charge in [0.15, 0.2) is 5.78 Å². The summed E-state index contributed by atoms with van der Waals surface area (Å²) in [6.45, 7) is 1.60. The molecule has 0 fully saturated rings. The smallest absolute Gasteiger partial charge is 0.337 e. The lowest BCUT2D eigenvalue weighted by Crippen LogP contribution is -2.17. The molecule has 0 amide bonds. The predicted octanol–water partition coefficient (Wildman–Crippen LogP) is 1.82. The van der Waals surface area contributed by atoms with E-state index in [1.165, 1.54) is 14.2 Å². The van der Waals surface area contributed by atoms with Gasteiger partial charge in [-0.3, -0.25) is 9.36 Å².